The third-order valence-corrected chi connectivity index (χ3v) is 13.6. The summed E-state index contributed by atoms with van der Waals surface area (Å²) in [6.45, 7) is 3.66. The number of hydrogen-bond acceptors (Lipinski definition) is 9. The van der Waals surface area contributed by atoms with Gasteiger partial charge >= 0.3 is 12.1 Å². The topological polar surface area (TPSA) is 182 Å². The van der Waals surface area contributed by atoms with Crippen LogP contribution in [0.5, 0.6) is 5.75 Å². The Labute approximate surface area is 330 Å². The number of benzene rings is 2. The number of amides is 1. The Balaban J connectivity index is 0.000000548. The van der Waals surface area contributed by atoms with Crippen molar-refractivity contribution in [2.45, 2.75) is 81.6 Å². The lowest BCUT2D eigenvalue weighted by Crippen LogP contribution is -2.50. The molecule has 0 bridgehead atoms. The number of carboxylic acid groups (broad SMARTS) is 1. The standard InChI is InChI=1S/C36H45F4N3O4.C2H6O6S2/c1-3-23-19-42(20-30(23)29-13-10-26(36(38,39)40)18-32(29)41-16-14-25(15-17-41)33(44)45)34(46)35(37)22-43(27-6-4-5-7-27)21-31(35)24-8-11-28(47-2)12-9-24;3-9(4,5)1-2-10(6,7)8/h8-13,18,23,25,27,30-31H,3-7,14-17,19-22H2,1-2H3,(H,44,45);1-2H2,(H,3,4,5)(H,6,7,8)/t23-,30-,31-,35-;/m0./s1. The molecule has 3 heterocycles. The van der Waals surface area contributed by atoms with Crippen LogP contribution in [0.1, 0.15) is 80.4 Å². The number of methoxy groups -OCH3 is 1. The highest BCUT2D eigenvalue weighted by Crippen LogP contribution is 2.47. The molecule has 3 saturated heterocycles. The Morgan fingerprint density at radius 1 is 0.895 bits per heavy atom. The second-order valence-corrected chi connectivity index (χ2v) is 18.6. The van der Waals surface area contributed by atoms with Crippen LogP contribution in [0.4, 0.5) is 23.2 Å². The maximum atomic E-state index is 17.6. The summed E-state index contributed by atoms with van der Waals surface area (Å²) in [4.78, 5) is 31.6. The van der Waals surface area contributed by atoms with Crippen molar-refractivity contribution < 1.29 is 62.9 Å². The molecule has 318 valence electrons. The maximum absolute atomic E-state index is 17.6. The van der Waals surface area contributed by atoms with Gasteiger partial charge in [-0.05, 0) is 67.0 Å². The number of anilines is 1. The fourth-order valence-corrected chi connectivity index (χ4v) is 10.5. The molecule has 2 aromatic carbocycles. The minimum Gasteiger partial charge on any atom is -0.497 e. The summed E-state index contributed by atoms with van der Waals surface area (Å²) >= 11 is 0. The largest absolute Gasteiger partial charge is 0.497 e. The smallest absolute Gasteiger partial charge is 0.416 e. The van der Waals surface area contributed by atoms with Crippen molar-refractivity contribution >= 4 is 37.8 Å². The molecule has 4 fully saturated rings. The van der Waals surface area contributed by atoms with Crippen LogP contribution in [0.15, 0.2) is 42.5 Å². The van der Waals surface area contributed by atoms with Gasteiger partial charge in [0, 0.05) is 62.8 Å². The van der Waals surface area contributed by atoms with Gasteiger partial charge < -0.3 is 19.6 Å². The van der Waals surface area contributed by atoms with Crippen molar-refractivity contribution in [1.82, 2.24) is 9.80 Å². The summed E-state index contributed by atoms with van der Waals surface area (Å²) in [5, 5.41) is 9.48. The molecule has 6 rings (SSSR count). The van der Waals surface area contributed by atoms with Crippen molar-refractivity contribution in [3.05, 3.63) is 59.2 Å². The van der Waals surface area contributed by atoms with Crippen molar-refractivity contribution in [3.63, 3.8) is 0 Å². The summed E-state index contributed by atoms with van der Waals surface area (Å²) in [5.74, 6) is -4.28. The monoisotopic (exact) mass is 849 g/mol. The van der Waals surface area contributed by atoms with Gasteiger partial charge in [-0.15, -0.1) is 0 Å². The van der Waals surface area contributed by atoms with E-state index in [1.165, 1.54) is 12.1 Å². The average Bonchev–Trinajstić information content (AvgIpc) is 3.93. The molecule has 1 saturated carbocycles. The Bertz CT molecular complexity index is 1920. The van der Waals surface area contributed by atoms with Crippen LogP contribution in [0, 0.1) is 11.8 Å². The lowest BCUT2D eigenvalue weighted by Gasteiger charge is -2.35. The number of carbonyl (C=O) groups excluding carboxylic acids is 1. The minimum atomic E-state index is -4.54. The third-order valence-electron chi connectivity index (χ3n) is 11.9. The number of carboxylic acids is 1. The molecular formula is C38H51F4N3O10S2. The lowest BCUT2D eigenvalue weighted by molar-refractivity contribution is -0.143. The van der Waals surface area contributed by atoms with Crippen molar-refractivity contribution in [1.29, 1.82) is 0 Å². The zero-order chi connectivity index (χ0) is 41.9. The van der Waals surface area contributed by atoms with E-state index < -0.39 is 72.9 Å². The Morgan fingerprint density at radius 2 is 1.49 bits per heavy atom. The molecule has 1 aliphatic carbocycles. The van der Waals surface area contributed by atoms with Crippen molar-refractivity contribution in [2.24, 2.45) is 11.8 Å². The first-order valence-corrected chi connectivity index (χ1v) is 22.3. The SMILES string of the molecule is CC[C@H]1CN(C(=O)[C@]2(F)CN(C3CCCC3)C[C@H]2c2ccc(OC)cc2)C[C@@H]1c1ccc(C(F)(F)F)cc1N1CCC(C(=O)O)CC1.O=S(=O)(O)CCS(=O)(=O)O. The molecule has 57 heavy (non-hydrogen) atoms. The number of alkyl halides is 4. The summed E-state index contributed by atoms with van der Waals surface area (Å²) in [7, 11) is -7.02. The van der Waals surface area contributed by atoms with Crippen LogP contribution >= 0.6 is 0 Å². The molecule has 3 aliphatic heterocycles. The van der Waals surface area contributed by atoms with E-state index in [1.54, 1.807) is 24.1 Å². The molecule has 0 unspecified atom stereocenters. The number of ether oxygens (including phenoxy) is 1. The summed E-state index contributed by atoms with van der Waals surface area (Å²) in [5.41, 5.74) is -1.03. The van der Waals surface area contributed by atoms with Crippen molar-refractivity contribution in [3.8, 4) is 5.75 Å². The van der Waals surface area contributed by atoms with Gasteiger partial charge in [-0.25, -0.2) is 4.39 Å². The first kappa shape index (κ1) is 44.6. The van der Waals surface area contributed by atoms with Crippen LogP contribution < -0.4 is 9.64 Å². The van der Waals surface area contributed by atoms with Gasteiger partial charge in [0.25, 0.3) is 26.1 Å². The molecular weight excluding hydrogens is 799 g/mol. The Kier molecular flexibility index (Phi) is 13.9. The van der Waals surface area contributed by atoms with Crippen LogP contribution in [0.25, 0.3) is 0 Å². The molecule has 0 radical (unpaired) electrons. The maximum Gasteiger partial charge on any atom is 0.416 e. The second-order valence-electron chi connectivity index (χ2n) is 15.5. The predicted octanol–water partition coefficient (Wildman–Crippen LogP) is 5.48. The number of aliphatic carboxylic acids is 1. The predicted molar refractivity (Wildman–Crippen MR) is 203 cm³/mol. The molecule has 1 amide bonds. The van der Waals surface area contributed by atoms with Gasteiger partial charge in [0.05, 0.1) is 30.1 Å². The van der Waals surface area contributed by atoms with E-state index in [0.717, 1.165) is 37.3 Å². The highest BCUT2D eigenvalue weighted by molar-refractivity contribution is 7.89. The van der Waals surface area contributed by atoms with Gasteiger partial charge in [-0.2, -0.15) is 30.0 Å². The molecule has 3 N–H and O–H groups in total. The van der Waals surface area contributed by atoms with Crippen LogP contribution in [-0.2, 0) is 36.0 Å². The lowest BCUT2D eigenvalue weighted by atomic mass is 9.84. The molecule has 4 aliphatic rings. The fraction of sp³-hybridized carbons (Fsp3) is 0.632. The number of halogens is 4. The van der Waals surface area contributed by atoms with Gasteiger partial charge in [-0.1, -0.05) is 44.4 Å². The molecule has 13 nitrogen and oxygen atoms in total. The number of nitrogens with zero attached hydrogens (tertiary/aromatic N) is 3. The van der Waals surface area contributed by atoms with Crippen LogP contribution in [0.3, 0.4) is 0 Å². The molecule has 19 heteroatoms. The van der Waals surface area contributed by atoms with E-state index in [9.17, 15) is 44.7 Å². The minimum absolute atomic E-state index is 0.0230. The van der Waals surface area contributed by atoms with E-state index in [2.05, 4.69) is 4.90 Å². The quantitative estimate of drug-likeness (QED) is 0.192. The van der Waals surface area contributed by atoms with Crippen LogP contribution in [-0.4, -0.2) is 122 Å². The number of likely N-dealkylation sites (tertiary alicyclic amines) is 2. The molecule has 4 atom stereocenters. The first-order chi connectivity index (χ1) is 26.6. The second kappa shape index (κ2) is 17.8. The summed E-state index contributed by atoms with van der Waals surface area (Å²) in [6.07, 6.45) is 0.977. The van der Waals surface area contributed by atoms with E-state index in [4.69, 9.17) is 13.8 Å². The zero-order valence-corrected chi connectivity index (χ0v) is 33.5. The molecule has 0 spiro atoms. The zero-order valence-electron chi connectivity index (χ0n) is 31.9. The number of rotatable bonds is 11. The third kappa shape index (κ3) is 11.0. The fourth-order valence-electron chi connectivity index (χ4n) is 8.77. The normalized spacial score (nSPS) is 25.4. The van der Waals surface area contributed by atoms with E-state index in [0.29, 0.717) is 62.4 Å². The molecule has 2 aromatic rings. The molecule has 0 aromatic heterocycles. The number of piperidine rings is 1. The van der Waals surface area contributed by atoms with E-state index in [1.807, 2.05) is 24.0 Å². The Morgan fingerprint density at radius 3 is 2.00 bits per heavy atom. The number of carbonyl (C=O) groups is 2. The Hall–Kier alpha value is -3.52. The van der Waals surface area contributed by atoms with Crippen LogP contribution in [0.2, 0.25) is 0 Å². The van der Waals surface area contributed by atoms with Gasteiger partial charge in [-0.3, -0.25) is 23.6 Å². The van der Waals surface area contributed by atoms with E-state index >= 15 is 4.39 Å². The van der Waals surface area contributed by atoms with Gasteiger partial charge in [0.1, 0.15) is 5.75 Å². The highest BCUT2D eigenvalue weighted by Gasteiger charge is 2.57. The highest BCUT2D eigenvalue weighted by atomic mass is 32.2. The van der Waals surface area contributed by atoms with Crippen molar-refractivity contribution in [2.75, 3.05) is 62.8 Å². The van der Waals surface area contributed by atoms with Gasteiger partial charge in [0.15, 0.2) is 0 Å². The average molecular weight is 850 g/mol. The van der Waals surface area contributed by atoms with E-state index in [-0.39, 0.29) is 31.0 Å². The van der Waals surface area contributed by atoms with Gasteiger partial charge in [0.2, 0.25) is 5.67 Å². The first-order valence-electron chi connectivity index (χ1n) is 19.1. The summed E-state index contributed by atoms with van der Waals surface area (Å²) < 4.78 is 120. The summed E-state index contributed by atoms with van der Waals surface area (Å²) in [6, 6.07) is 11.3. The number of hydrogen-bond donors (Lipinski definition) is 3.